The Morgan fingerprint density at radius 1 is 1.20 bits per heavy atom. The number of nitrogens with two attached hydrogens (primary N) is 1. The van der Waals surface area contributed by atoms with Crippen molar-refractivity contribution < 1.29 is 22.3 Å². The summed E-state index contributed by atoms with van der Waals surface area (Å²) in [5.41, 5.74) is 7.13. The summed E-state index contributed by atoms with van der Waals surface area (Å²) in [7, 11) is 0. The molecule has 0 radical (unpaired) electrons. The number of halogens is 3. The zero-order valence-electron chi connectivity index (χ0n) is 10.9. The molecule has 20 heavy (non-hydrogen) atoms. The summed E-state index contributed by atoms with van der Waals surface area (Å²) in [6, 6.07) is 7.42. The molecular weight excluding hydrogens is 271 g/mol. The first kappa shape index (κ1) is 14.9. The predicted molar refractivity (Wildman–Crippen MR) is 69.1 cm³/mol. The van der Waals surface area contributed by atoms with Gasteiger partial charge in [0.2, 0.25) is 0 Å². The van der Waals surface area contributed by atoms with Crippen LogP contribution in [0.15, 0.2) is 28.7 Å². The minimum atomic E-state index is -4.13. The average molecular weight is 287 g/mol. The Kier molecular flexibility index (Phi) is 4.67. The van der Waals surface area contributed by atoms with Crippen LogP contribution in [-0.2, 0) is 17.9 Å². The molecule has 110 valence electrons. The van der Waals surface area contributed by atoms with Crippen molar-refractivity contribution >= 4 is 11.0 Å². The Labute approximate surface area is 114 Å². The molecule has 0 aliphatic carbocycles. The van der Waals surface area contributed by atoms with E-state index >= 15 is 0 Å². The third-order valence-corrected chi connectivity index (χ3v) is 2.96. The molecule has 0 amide bonds. The molecule has 1 heterocycles. The number of benzene rings is 1. The van der Waals surface area contributed by atoms with Gasteiger partial charge in [-0.3, -0.25) is 0 Å². The molecule has 2 N–H and O–H groups in total. The first-order chi connectivity index (χ1) is 9.51. The minimum absolute atomic E-state index is 0.0444. The number of fused-ring (bicyclic) bond motifs is 1. The highest BCUT2D eigenvalue weighted by Gasteiger charge is 2.26. The molecule has 2 rings (SSSR count). The quantitative estimate of drug-likeness (QED) is 0.823. The fraction of sp³-hybridized carbons (Fsp3) is 0.429. The number of alkyl halides is 3. The van der Waals surface area contributed by atoms with Gasteiger partial charge in [-0.25, -0.2) is 0 Å². The van der Waals surface area contributed by atoms with Crippen LogP contribution in [0.1, 0.15) is 24.2 Å². The van der Waals surface area contributed by atoms with Crippen molar-refractivity contribution in [2.75, 3.05) is 6.61 Å². The van der Waals surface area contributed by atoms with Crippen molar-refractivity contribution in [3.63, 3.8) is 0 Å². The summed E-state index contributed by atoms with van der Waals surface area (Å²) in [6.07, 6.45) is -5.01. The van der Waals surface area contributed by atoms with E-state index < -0.39 is 12.6 Å². The molecule has 0 bridgehead atoms. The monoisotopic (exact) mass is 287 g/mol. The lowest BCUT2D eigenvalue weighted by molar-refractivity contribution is -0.138. The first-order valence-corrected chi connectivity index (χ1v) is 6.35. The molecule has 0 saturated carbocycles. The Bertz CT molecular complexity index is 563. The summed E-state index contributed by atoms with van der Waals surface area (Å²) < 4.78 is 46.9. The number of hydrogen-bond donors (Lipinski definition) is 1. The van der Waals surface area contributed by atoms with E-state index in [2.05, 4.69) is 0 Å². The van der Waals surface area contributed by atoms with Crippen LogP contribution in [0.2, 0.25) is 0 Å². The second kappa shape index (κ2) is 6.28. The number of hydrogen-bond acceptors (Lipinski definition) is 3. The highest BCUT2D eigenvalue weighted by atomic mass is 19.4. The van der Waals surface area contributed by atoms with Gasteiger partial charge in [-0.1, -0.05) is 18.2 Å². The first-order valence-electron chi connectivity index (χ1n) is 6.35. The van der Waals surface area contributed by atoms with Crippen LogP contribution in [0.3, 0.4) is 0 Å². The highest BCUT2D eigenvalue weighted by Crippen LogP contribution is 2.26. The molecule has 1 aromatic heterocycles. The molecule has 3 nitrogen and oxygen atoms in total. The SMILES string of the molecule is NCc1oc2ccccc2c1COCCCC(F)(F)F. The second-order valence-electron chi connectivity index (χ2n) is 4.48. The third kappa shape index (κ3) is 3.74. The summed E-state index contributed by atoms with van der Waals surface area (Å²) in [5, 5.41) is 0.892. The van der Waals surface area contributed by atoms with Crippen LogP contribution in [0.5, 0.6) is 0 Å². The van der Waals surface area contributed by atoms with Gasteiger partial charge in [0, 0.05) is 24.0 Å². The van der Waals surface area contributed by atoms with E-state index in [0.29, 0.717) is 11.3 Å². The standard InChI is InChI=1S/C14H16F3NO2/c15-14(16,17)6-3-7-19-9-11-10-4-1-2-5-12(10)20-13(11)8-18/h1-2,4-5H,3,6-9,18H2. The van der Waals surface area contributed by atoms with Gasteiger partial charge < -0.3 is 14.9 Å². The van der Waals surface area contributed by atoms with Crippen LogP contribution in [-0.4, -0.2) is 12.8 Å². The van der Waals surface area contributed by atoms with Crippen LogP contribution in [0.4, 0.5) is 13.2 Å². The van der Waals surface area contributed by atoms with Gasteiger partial charge in [-0.05, 0) is 12.5 Å². The van der Waals surface area contributed by atoms with E-state index in [-0.39, 0.29) is 26.2 Å². The molecular formula is C14H16F3NO2. The Balaban J connectivity index is 1.95. The fourth-order valence-corrected chi connectivity index (χ4v) is 2.02. The fourth-order valence-electron chi connectivity index (χ4n) is 2.02. The molecule has 0 fully saturated rings. The van der Waals surface area contributed by atoms with Gasteiger partial charge >= 0.3 is 6.18 Å². The van der Waals surface area contributed by atoms with Crippen molar-refractivity contribution in [3.05, 3.63) is 35.6 Å². The molecule has 0 spiro atoms. The van der Waals surface area contributed by atoms with Gasteiger partial charge in [0.15, 0.2) is 0 Å². The molecule has 1 aromatic carbocycles. The lowest BCUT2D eigenvalue weighted by Gasteiger charge is -2.07. The van der Waals surface area contributed by atoms with E-state index in [1.807, 2.05) is 24.3 Å². The smallest absolute Gasteiger partial charge is 0.389 e. The number of para-hydroxylation sites is 1. The van der Waals surface area contributed by atoms with E-state index in [9.17, 15) is 13.2 Å². The molecule has 2 aromatic rings. The third-order valence-electron chi connectivity index (χ3n) is 2.96. The number of furan rings is 1. The van der Waals surface area contributed by atoms with E-state index in [1.165, 1.54) is 0 Å². The highest BCUT2D eigenvalue weighted by molar-refractivity contribution is 5.82. The van der Waals surface area contributed by atoms with Gasteiger partial charge in [0.25, 0.3) is 0 Å². The maximum absolute atomic E-state index is 12.0. The topological polar surface area (TPSA) is 48.4 Å². The van der Waals surface area contributed by atoms with Crippen molar-refractivity contribution in [1.82, 2.24) is 0 Å². The maximum atomic E-state index is 12.0. The largest absolute Gasteiger partial charge is 0.459 e. The molecule has 0 saturated heterocycles. The van der Waals surface area contributed by atoms with Crippen molar-refractivity contribution in [3.8, 4) is 0 Å². The molecule has 0 aliphatic rings. The average Bonchev–Trinajstić information content (AvgIpc) is 2.75. The zero-order chi connectivity index (χ0) is 14.6. The number of ether oxygens (including phenoxy) is 1. The summed E-state index contributed by atoms with van der Waals surface area (Å²) >= 11 is 0. The van der Waals surface area contributed by atoms with E-state index in [4.69, 9.17) is 14.9 Å². The maximum Gasteiger partial charge on any atom is 0.389 e. The zero-order valence-corrected chi connectivity index (χ0v) is 10.9. The van der Waals surface area contributed by atoms with Crippen LogP contribution in [0, 0.1) is 0 Å². The molecule has 0 unspecified atom stereocenters. The Morgan fingerprint density at radius 2 is 1.95 bits per heavy atom. The lowest BCUT2D eigenvalue weighted by Crippen LogP contribution is -2.09. The molecule has 0 atom stereocenters. The summed E-state index contributed by atoms with van der Waals surface area (Å²) in [4.78, 5) is 0. The van der Waals surface area contributed by atoms with Gasteiger partial charge in [0.1, 0.15) is 11.3 Å². The number of rotatable bonds is 6. The van der Waals surface area contributed by atoms with E-state index in [0.717, 1.165) is 10.9 Å². The van der Waals surface area contributed by atoms with E-state index in [1.54, 1.807) is 0 Å². The van der Waals surface area contributed by atoms with Gasteiger partial charge in [-0.2, -0.15) is 13.2 Å². The van der Waals surface area contributed by atoms with Crippen LogP contribution < -0.4 is 5.73 Å². The van der Waals surface area contributed by atoms with Crippen molar-refractivity contribution in [2.24, 2.45) is 5.73 Å². The van der Waals surface area contributed by atoms with Gasteiger partial charge in [0.05, 0.1) is 13.2 Å². The minimum Gasteiger partial charge on any atom is -0.459 e. The Morgan fingerprint density at radius 3 is 2.65 bits per heavy atom. The molecule has 6 heteroatoms. The molecule has 0 aliphatic heterocycles. The van der Waals surface area contributed by atoms with Crippen LogP contribution >= 0.6 is 0 Å². The lowest BCUT2D eigenvalue weighted by atomic mass is 10.1. The van der Waals surface area contributed by atoms with Gasteiger partial charge in [-0.15, -0.1) is 0 Å². The summed E-state index contributed by atoms with van der Waals surface area (Å²) in [6.45, 7) is 0.500. The predicted octanol–water partition coefficient (Wildman–Crippen LogP) is 3.75. The van der Waals surface area contributed by atoms with Crippen molar-refractivity contribution in [2.45, 2.75) is 32.2 Å². The summed E-state index contributed by atoms with van der Waals surface area (Å²) in [5.74, 6) is 0.613. The second-order valence-corrected chi connectivity index (χ2v) is 4.48. The van der Waals surface area contributed by atoms with Crippen LogP contribution in [0.25, 0.3) is 11.0 Å². The Hall–Kier alpha value is -1.53. The van der Waals surface area contributed by atoms with Crippen molar-refractivity contribution in [1.29, 1.82) is 0 Å². The normalized spacial score (nSPS) is 12.2.